The van der Waals surface area contributed by atoms with Crippen LogP contribution in [0.3, 0.4) is 0 Å². The molecular formula is C21H25NO6. The Bertz CT molecular complexity index is 803. The van der Waals surface area contributed by atoms with E-state index in [1.807, 2.05) is 13.8 Å². The van der Waals surface area contributed by atoms with Gasteiger partial charge in [-0.05, 0) is 55.8 Å². The number of hydrogen-bond donors (Lipinski definition) is 2. The lowest BCUT2D eigenvalue weighted by Gasteiger charge is -2.20. The smallest absolute Gasteiger partial charge is 0.305 e. The Morgan fingerprint density at radius 1 is 1.00 bits per heavy atom. The lowest BCUT2D eigenvalue weighted by atomic mass is 10.0. The van der Waals surface area contributed by atoms with Crippen LogP contribution in [0.15, 0.2) is 42.5 Å². The van der Waals surface area contributed by atoms with Crippen molar-refractivity contribution in [1.29, 1.82) is 0 Å². The number of carboxylic acid groups (broad SMARTS) is 1. The third-order valence-corrected chi connectivity index (χ3v) is 4.01. The van der Waals surface area contributed by atoms with Crippen molar-refractivity contribution in [2.45, 2.75) is 26.3 Å². The summed E-state index contributed by atoms with van der Waals surface area (Å²) in [6, 6.07) is 11.0. The third-order valence-electron chi connectivity index (χ3n) is 4.01. The highest BCUT2D eigenvalue weighted by Crippen LogP contribution is 2.32. The fourth-order valence-electron chi connectivity index (χ4n) is 2.70. The van der Waals surface area contributed by atoms with Crippen LogP contribution < -0.4 is 19.5 Å². The normalized spacial score (nSPS) is 11.4. The molecule has 0 aliphatic carbocycles. The predicted molar refractivity (Wildman–Crippen MR) is 104 cm³/mol. The van der Waals surface area contributed by atoms with Gasteiger partial charge in [0.15, 0.2) is 11.5 Å². The van der Waals surface area contributed by atoms with E-state index in [0.717, 1.165) is 0 Å². The molecular weight excluding hydrogens is 362 g/mol. The number of amides is 1. The Morgan fingerprint density at radius 3 is 2.21 bits per heavy atom. The SMILES string of the molecule is CCOc1ccc(C(CC(=O)O)NC(=O)c2ccc(OC)cc2)cc1OCC. The highest BCUT2D eigenvalue weighted by Gasteiger charge is 2.21. The van der Waals surface area contributed by atoms with Gasteiger partial charge in [0, 0.05) is 5.56 Å². The maximum absolute atomic E-state index is 12.6. The van der Waals surface area contributed by atoms with Crippen molar-refractivity contribution in [3.8, 4) is 17.2 Å². The maximum atomic E-state index is 12.6. The number of carboxylic acids is 1. The monoisotopic (exact) mass is 387 g/mol. The molecule has 0 saturated heterocycles. The zero-order chi connectivity index (χ0) is 20.5. The topological polar surface area (TPSA) is 94.1 Å². The van der Waals surface area contributed by atoms with Gasteiger partial charge in [0.05, 0.1) is 32.8 Å². The molecule has 2 N–H and O–H groups in total. The molecule has 28 heavy (non-hydrogen) atoms. The highest BCUT2D eigenvalue weighted by atomic mass is 16.5. The van der Waals surface area contributed by atoms with E-state index in [2.05, 4.69) is 5.32 Å². The summed E-state index contributed by atoms with van der Waals surface area (Å²) < 4.78 is 16.2. The molecule has 0 heterocycles. The standard InChI is InChI=1S/C21H25NO6/c1-4-27-18-11-8-15(12-19(18)28-5-2)17(13-20(23)24)22-21(25)14-6-9-16(26-3)10-7-14/h6-12,17H,4-5,13H2,1-3H3,(H,22,25)(H,23,24). The minimum atomic E-state index is -1.02. The summed E-state index contributed by atoms with van der Waals surface area (Å²) in [5, 5.41) is 12.1. The Labute approximate surface area is 164 Å². The quantitative estimate of drug-likeness (QED) is 0.649. The van der Waals surface area contributed by atoms with Gasteiger partial charge >= 0.3 is 5.97 Å². The van der Waals surface area contributed by atoms with Crippen molar-refractivity contribution in [1.82, 2.24) is 5.32 Å². The molecule has 150 valence electrons. The van der Waals surface area contributed by atoms with E-state index in [-0.39, 0.29) is 12.3 Å². The van der Waals surface area contributed by atoms with Crippen molar-refractivity contribution in [2.75, 3.05) is 20.3 Å². The lowest BCUT2D eigenvalue weighted by Crippen LogP contribution is -2.30. The fraction of sp³-hybridized carbons (Fsp3) is 0.333. The van der Waals surface area contributed by atoms with Gasteiger partial charge in [-0.15, -0.1) is 0 Å². The molecule has 0 saturated carbocycles. The highest BCUT2D eigenvalue weighted by molar-refractivity contribution is 5.94. The number of carbonyl (C=O) groups is 2. The van der Waals surface area contributed by atoms with Gasteiger partial charge in [-0.3, -0.25) is 9.59 Å². The first kappa shape index (κ1) is 21.1. The Balaban J connectivity index is 2.27. The first-order valence-electron chi connectivity index (χ1n) is 9.04. The second-order valence-corrected chi connectivity index (χ2v) is 5.92. The average molecular weight is 387 g/mol. The van der Waals surface area contributed by atoms with Crippen LogP contribution in [-0.4, -0.2) is 37.3 Å². The fourth-order valence-corrected chi connectivity index (χ4v) is 2.70. The maximum Gasteiger partial charge on any atom is 0.305 e. The van der Waals surface area contributed by atoms with E-state index in [0.29, 0.717) is 41.6 Å². The van der Waals surface area contributed by atoms with Crippen LogP contribution in [0.25, 0.3) is 0 Å². The van der Waals surface area contributed by atoms with Crippen LogP contribution in [0.1, 0.15) is 42.2 Å². The molecule has 1 atom stereocenters. The Hall–Kier alpha value is -3.22. The van der Waals surface area contributed by atoms with Gasteiger partial charge in [-0.2, -0.15) is 0 Å². The first-order valence-corrected chi connectivity index (χ1v) is 9.04. The van der Waals surface area contributed by atoms with Crippen LogP contribution in [-0.2, 0) is 4.79 Å². The van der Waals surface area contributed by atoms with Crippen LogP contribution >= 0.6 is 0 Å². The predicted octanol–water partition coefficient (Wildman–Crippen LogP) is 3.44. The lowest BCUT2D eigenvalue weighted by molar-refractivity contribution is -0.137. The van der Waals surface area contributed by atoms with Gasteiger partial charge in [-0.25, -0.2) is 0 Å². The zero-order valence-corrected chi connectivity index (χ0v) is 16.2. The number of ether oxygens (including phenoxy) is 3. The summed E-state index contributed by atoms with van der Waals surface area (Å²) in [5.41, 5.74) is 1.03. The van der Waals surface area contributed by atoms with Crippen molar-refractivity contribution >= 4 is 11.9 Å². The van der Waals surface area contributed by atoms with E-state index in [1.165, 1.54) is 0 Å². The van der Waals surface area contributed by atoms with Gasteiger partial charge < -0.3 is 24.6 Å². The van der Waals surface area contributed by atoms with Crippen LogP contribution in [0.2, 0.25) is 0 Å². The molecule has 0 aliphatic rings. The van der Waals surface area contributed by atoms with E-state index >= 15 is 0 Å². The number of hydrogen-bond acceptors (Lipinski definition) is 5. The summed E-state index contributed by atoms with van der Waals surface area (Å²) >= 11 is 0. The molecule has 2 aromatic carbocycles. The second-order valence-electron chi connectivity index (χ2n) is 5.92. The molecule has 7 nitrogen and oxygen atoms in total. The second kappa shape index (κ2) is 10.2. The average Bonchev–Trinajstić information content (AvgIpc) is 2.69. The third kappa shape index (κ3) is 5.64. The van der Waals surface area contributed by atoms with Crippen molar-refractivity contribution in [3.05, 3.63) is 53.6 Å². The molecule has 0 aliphatic heterocycles. The van der Waals surface area contributed by atoms with Crippen LogP contribution in [0, 0.1) is 0 Å². The summed E-state index contributed by atoms with van der Waals surface area (Å²) in [4.78, 5) is 23.9. The molecule has 0 radical (unpaired) electrons. The minimum absolute atomic E-state index is 0.262. The van der Waals surface area contributed by atoms with Crippen molar-refractivity contribution < 1.29 is 28.9 Å². The van der Waals surface area contributed by atoms with E-state index in [4.69, 9.17) is 14.2 Å². The van der Waals surface area contributed by atoms with Crippen LogP contribution in [0.5, 0.6) is 17.2 Å². The Kier molecular flexibility index (Phi) is 7.68. The molecule has 1 unspecified atom stereocenters. The van der Waals surface area contributed by atoms with E-state index in [9.17, 15) is 14.7 Å². The summed E-state index contributed by atoms with van der Waals surface area (Å²) in [6.45, 7) is 4.63. The molecule has 2 aromatic rings. The van der Waals surface area contributed by atoms with Gasteiger partial charge in [0.1, 0.15) is 5.75 Å². The molecule has 0 spiro atoms. The number of benzene rings is 2. The molecule has 7 heteroatoms. The van der Waals surface area contributed by atoms with E-state index < -0.39 is 12.0 Å². The number of aliphatic carboxylic acids is 1. The van der Waals surface area contributed by atoms with Crippen molar-refractivity contribution in [3.63, 3.8) is 0 Å². The number of carbonyl (C=O) groups excluding carboxylic acids is 1. The molecule has 0 bridgehead atoms. The molecule has 0 aromatic heterocycles. The molecule has 1 amide bonds. The minimum Gasteiger partial charge on any atom is -0.497 e. The van der Waals surface area contributed by atoms with Crippen LogP contribution in [0.4, 0.5) is 0 Å². The van der Waals surface area contributed by atoms with Crippen molar-refractivity contribution in [2.24, 2.45) is 0 Å². The first-order chi connectivity index (χ1) is 13.5. The van der Waals surface area contributed by atoms with Gasteiger partial charge in [0.25, 0.3) is 5.91 Å². The van der Waals surface area contributed by atoms with E-state index in [1.54, 1.807) is 49.6 Å². The largest absolute Gasteiger partial charge is 0.497 e. The Morgan fingerprint density at radius 2 is 1.64 bits per heavy atom. The number of nitrogens with one attached hydrogen (secondary N) is 1. The van der Waals surface area contributed by atoms with Gasteiger partial charge in [-0.1, -0.05) is 6.07 Å². The summed E-state index contributed by atoms with van der Waals surface area (Å²) in [6.07, 6.45) is -0.262. The van der Waals surface area contributed by atoms with Gasteiger partial charge in [0.2, 0.25) is 0 Å². The zero-order valence-electron chi connectivity index (χ0n) is 16.2. The molecule has 2 rings (SSSR count). The number of methoxy groups -OCH3 is 1. The molecule has 0 fully saturated rings. The number of rotatable bonds is 10. The summed E-state index contributed by atoms with van der Waals surface area (Å²) in [7, 11) is 1.54. The summed E-state index contributed by atoms with van der Waals surface area (Å²) in [5.74, 6) is 0.318.